The van der Waals surface area contributed by atoms with Gasteiger partial charge in [0, 0.05) is 11.3 Å². The SMILES string of the molecule is COC(=O)C1=C(C(=O)OC)N(c2ccc(-c3ccccc3OC)cc2)C(N)=C(C#N)C1c1ccccc1. The van der Waals surface area contributed by atoms with Gasteiger partial charge in [-0.3, -0.25) is 4.90 Å². The van der Waals surface area contributed by atoms with Crippen LogP contribution in [0.25, 0.3) is 11.1 Å². The van der Waals surface area contributed by atoms with Gasteiger partial charge >= 0.3 is 11.9 Å². The lowest BCUT2D eigenvalue weighted by molar-refractivity contribution is -0.139. The molecule has 3 aromatic carbocycles. The van der Waals surface area contributed by atoms with Crippen molar-refractivity contribution in [2.75, 3.05) is 26.2 Å². The molecule has 0 spiro atoms. The molecule has 3 aromatic rings. The number of para-hydroxylation sites is 1. The third kappa shape index (κ3) is 4.50. The van der Waals surface area contributed by atoms with Gasteiger partial charge in [0.25, 0.3) is 0 Å². The predicted octanol–water partition coefficient (Wildman–Crippen LogP) is 4.26. The van der Waals surface area contributed by atoms with Crippen LogP contribution in [0.2, 0.25) is 0 Å². The van der Waals surface area contributed by atoms with E-state index in [0.717, 1.165) is 11.1 Å². The third-order valence-electron chi connectivity index (χ3n) is 6.15. The fourth-order valence-corrected chi connectivity index (χ4v) is 4.45. The summed E-state index contributed by atoms with van der Waals surface area (Å²) >= 11 is 0. The fourth-order valence-electron chi connectivity index (χ4n) is 4.45. The van der Waals surface area contributed by atoms with Crippen molar-refractivity contribution in [1.82, 2.24) is 0 Å². The fraction of sp³-hybridized carbons (Fsp3) is 0.138. The van der Waals surface area contributed by atoms with Gasteiger partial charge < -0.3 is 19.9 Å². The molecule has 4 rings (SSSR count). The number of allylic oxidation sites excluding steroid dienone is 1. The van der Waals surface area contributed by atoms with E-state index in [-0.39, 0.29) is 22.7 Å². The number of nitriles is 1. The summed E-state index contributed by atoms with van der Waals surface area (Å²) in [5.74, 6) is -1.78. The molecule has 0 bridgehead atoms. The maximum atomic E-state index is 13.2. The van der Waals surface area contributed by atoms with Gasteiger partial charge in [-0.1, -0.05) is 60.7 Å². The lowest BCUT2D eigenvalue weighted by atomic mass is 9.81. The summed E-state index contributed by atoms with van der Waals surface area (Å²) in [5.41, 5.74) is 9.28. The molecule has 1 atom stereocenters. The van der Waals surface area contributed by atoms with E-state index >= 15 is 0 Å². The maximum absolute atomic E-state index is 13.2. The van der Waals surface area contributed by atoms with Crippen molar-refractivity contribution in [3.05, 3.63) is 107 Å². The number of hydrogen-bond donors (Lipinski definition) is 1. The second-order valence-electron chi connectivity index (χ2n) is 8.08. The van der Waals surface area contributed by atoms with Gasteiger partial charge in [0.05, 0.1) is 44.5 Å². The number of hydrogen-bond acceptors (Lipinski definition) is 8. The van der Waals surface area contributed by atoms with Gasteiger partial charge in [-0.05, 0) is 29.3 Å². The number of ether oxygens (including phenoxy) is 3. The molecule has 0 amide bonds. The number of methoxy groups -OCH3 is 3. The van der Waals surface area contributed by atoms with Crippen molar-refractivity contribution in [3.8, 4) is 22.9 Å². The van der Waals surface area contributed by atoms with Crippen LogP contribution in [-0.4, -0.2) is 33.3 Å². The number of esters is 2. The van der Waals surface area contributed by atoms with E-state index in [4.69, 9.17) is 19.9 Å². The number of nitrogens with zero attached hydrogens (tertiary/aromatic N) is 2. The Morgan fingerprint density at radius 3 is 2.08 bits per heavy atom. The molecular formula is C29H25N3O5. The molecule has 0 aromatic heterocycles. The number of carbonyl (C=O) groups excluding carboxylic acids is 2. The minimum Gasteiger partial charge on any atom is -0.496 e. The van der Waals surface area contributed by atoms with Crippen molar-refractivity contribution < 1.29 is 23.8 Å². The van der Waals surface area contributed by atoms with Crippen LogP contribution in [0.4, 0.5) is 5.69 Å². The molecule has 0 saturated heterocycles. The van der Waals surface area contributed by atoms with E-state index in [1.165, 1.54) is 19.1 Å². The Morgan fingerprint density at radius 2 is 1.49 bits per heavy atom. The minimum absolute atomic E-state index is 0.00875. The Morgan fingerprint density at radius 1 is 0.865 bits per heavy atom. The van der Waals surface area contributed by atoms with Gasteiger partial charge in [-0.2, -0.15) is 5.26 Å². The molecule has 1 unspecified atom stereocenters. The number of benzene rings is 3. The van der Waals surface area contributed by atoms with Crippen LogP contribution < -0.4 is 15.4 Å². The molecule has 8 nitrogen and oxygen atoms in total. The Bertz CT molecular complexity index is 1440. The predicted molar refractivity (Wildman–Crippen MR) is 138 cm³/mol. The van der Waals surface area contributed by atoms with E-state index in [0.29, 0.717) is 17.0 Å². The van der Waals surface area contributed by atoms with Gasteiger partial charge in [0.2, 0.25) is 0 Å². The zero-order valence-electron chi connectivity index (χ0n) is 20.6. The summed E-state index contributed by atoms with van der Waals surface area (Å²) < 4.78 is 15.6. The highest BCUT2D eigenvalue weighted by Gasteiger charge is 2.42. The summed E-state index contributed by atoms with van der Waals surface area (Å²) in [4.78, 5) is 27.7. The van der Waals surface area contributed by atoms with Crippen LogP contribution >= 0.6 is 0 Å². The van der Waals surface area contributed by atoms with E-state index in [9.17, 15) is 14.9 Å². The molecule has 37 heavy (non-hydrogen) atoms. The van der Waals surface area contributed by atoms with Crippen LogP contribution in [0.3, 0.4) is 0 Å². The van der Waals surface area contributed by atoms with Gasteiger partial charge in [-0.25, -0.2) is 9.59 Å². The van der Waals surface area contributed by atoms with Crippen LogP contribution in [0, 0.1) is 11.3 Å². The van der Waals surface area contributed by atoms with E-state index in [1.807, 2.05) is 42.5 Å². The van der Waals surface area contributed by atoms with Gasteiger partial charge in [-0.15, -0.1) is 0 Å². The number of carbonyl (C=O) groups is 2. The van der Waals surface area contributed by atoms with Crippen LogP contribution in [0.5, 0.6) is 5.75 Å². The number of anilines is 1. The van der Waals surface area contributed by atoms with Crippen LogP contribution in [0.15, 0.2) is 102 Å². The Labute approximate surface area is 214 Å². The first-order chi connectivity index (χ1) is 18.0. The molecule has 0 saturated carbocycles. The third-order valence-corrected chi connectivity index (χ3v) is 6.15. The van der Waals surface area contributed by atoms with Crippen LogP contribution in [-0.2, 0) is 19.1 Å². The molecule has 8 heteroatoms. The molecule has 0 aliphatic carbocycles. The average molecular weight is 496 g/mol. The zero-order chi connectivity index (χ0) is 26.5. The lowest BCUT2D eigenvalue weighted by Gasteiger charge is -2.36. The Kier molecular flexibility index (Phi) is 7.26. The van der Waals surface area contributed by atoms with Crippen molar-refractivity contribution >= 4 is 17.6 Å². The lowest BCUT2D eigenvalue weighted by Crippen LogP contribution is -2.40. The second kappa shape index (κ2) is 10.7. The van der Waals surface area contributed by atoms with Crippen molar-refractivity contribution in [2.24, 2.45) is 5.73 Å². The average Bonchev–Trinajstić information content (AvgIpc) is 2.96. The highest BCUT2D eigenvalue weighted by Crippen LogP contribution is 2.43. The molecule has 2 N–H and O–H groups in total. The normalized spacial score (nSPS) is 15.2. The van der Waals surface area contributed by atoms with E-state index < -0.39 is 17.9 Å². The summed E-state index contributed by atoms with van der Waals surface area (Å²) in [6, 6.07) is 25.7. The smallest absolute Gasteiger partial charge is 0.355 e. The Balaban J connectivity index is 1.94. The first-order valence-electron chi connectivity index (χ1n) is 11.4. The van der Waals surface area contributed by atoms with Crippen molar-refractivity contribution in [2.45, 2.75) is 5.92 Å². The molecular weight excluding hydrogens is 470 g/mol. The van der Waals surface area contributed by atoms with E-state index in [2.05, 4.69) is 6.07 Å². The molecule has 1 aliphatic heterocycles. The minimum atomic E-state index is -0.920. The molecule has 1 heterocycles. The molecule has 0 radical (unpaired) electrons. The van der Waals surface area contributed by atoms with Crippen molar-refractivity contribution in [3.63, 3.8) is 0 Å². The highest BCUT2D eigenvalue weighted by molar-refractivity contribution is 6.06. The molecule has 0 fully saturated rings. The highest BCUT2D eigenvalue weighted by atomic mass is 16.5. The summed E-state index contributed by atoms with van der Waals surface area (Å²) in [7, 11) is 4.03. The number of nitrogens with two attached hydrogens (primary N) is 1. The summed E-state index contributed by atoms with van der Waals surface area (Å²) in [6.45, 7) is 0. The summed E-state index contributed by atoms with van der Waals surface area (Å²) in [5, 5.41) is 10.1. The van der Waals surface area contributed by atoms with Crippen molar-refractivity contribution in [1.29, 1.82) is 5.26 Å². The first kappa shape index (κ1) is 25.1. The second-order valence-corrected chi connectivity index (χ2v) is 8.08. The molecule has 186 valence electrons. The standard InChI is InChI=1S/C29H25N3O5/c1-35-23-12-8-7-11-21(23)18-13-15-20(16-14-18)32-26(29(34)37-3)25(28(33)36-2)24(22(17-30)27(32)31)19-9-5-4-6-10-19/h4-16,24H,31H2,1-3H3. The quantitative estimate of drug-likeness (QED) is 0.505. The Hall–Kier alpha value is -5.03. The number of rotatable bonds is 6. The van der Waals surface area contributed by atoms with E-state index in [1.54, 1.807) is 43.5 Å². The first-order valence-corrected chi connectivity index (χ1v) is 11.4. The topological polar surface area (TPSA) is 115 Å². The van der Waals surface area contributed by atoms with Crippen LogP contribution in [0.1, 0.15) is 11.5 Å². The van der Waals surface area contributed by atoms with Gasteiger partial charge in [0.1, 0.15) is 17.3 Å². The summed E-state index contributed by atoms with van der Waals surface area (Å²) in [6.07, 6.45) is 0. The zero-order valence-corrected chi connectivity index (χ0v) is 20.6. The maximum Gasteiger partial charge on any atom is 0.355 e. The van der Waals surface area contributed by atoms with Gasteiger partial charge in [0.15, 0.2) is 0 Å². The molecule has 1 aliphatic rings. The largest absolute Gasteiger partial charge is 0.496 e. The monoisotopic (exact) mass is 495 g/mol.